The van der Waals surface area contributed by atoms with Crippen molar-refractivity contribution in [1.29, 1.82) is 0 Å². The third-order valence-corrected chi connectivity index (χ3v) is 3.55. The van der Waals surface area contributed by atoms with Crippen LogP contribution in [0.25, 0.3) is 0 Å². The van der Waals surface area contributed by atoms with Gasteiger partial charge in [0.05, 0.1) is 5.02 Å². The topological polar surface area (TPSA) is 64.3 Å². The number of para-hydroxylation sites is 1. The standard InChI is InChI=1S/C16H25ClN2O2/c1-5-11(3)19-16(20)12(4)21-15-13(9-10(2)18)7-6-8-14(15)17/h6-8,10-12H,5,9,18H2,1-4H3,(H,19,20). The van der Waals surface area contributed by atoms with Crippen molar-refractivity contribution < 1.29 is 9.53 Å². The highest BCUT2D eigenvalue weighted by atomic mass is 35.5. The number of hydrogen-bond donors (Lipinski definition) is 2. The molecule has 0 aliphatic heterocycles. The fraction of sp³-hybridized carbons (Fsp3) is 0.562. The van der Waals surface area contributed by atoms with Crippen molar-refractivity contribution in [2.24, 2.45) is 5.73 Å². The van der Waals surface area contributed by atoms with Crippen molar-refractivity contribution >= 4 is 17.5 Å². The molecule has 3 atom stereocenters. The molecule has 0 bridgehead atoms. The van der Waals surface area contributed by atoms with Gasteiger partial charge in [0, 0.05) is 12.1 Å². The first-order chi connectivity index (χ1) is 9.85. The molecule has 3 N–H and O–H groups in total. The van der Waals surface area contributed by atoms with E-state index in [0.717, 1.165) is 12.0 Å². The SMILES string of the molecule is CCC(C)NC(=O)C(C)Oc1c(Cl)cccc1CC(C)N. The van der Waals surface area contributed by atoms with Gasteiger partial charge in [-0.1, -0.05) is 30.7 Å². The number of rotatable bonds is 7. The first kappa shape index (κ1) is 17.8. The summed E-state index contributed by atoms with van der Waals surface area (Å²) >= 11 is 6.20. The van der Waals surface area contributed by atoms with E-state index in [-0.39, 0.29) is 18.0 Å². The summed E-state index contributed by atoms with van der Waals surface area (Å²) in [5, 5.41) is 3.39. The van der Waals surface area contributed by atoms with E-state index in [4.69, 9.17) is 22.1 Å². The Morgan fingerprint density at radius 3 is 2.62 bits per heavy atom. The number of ether oxygens (including phenoxy) is 1. The maximum Gasteiger partial charge on any atom is 0.260 e. The molecular formula is C16H25ClN2O2. The first-order valence-corrected chi connectivity index (χ1v) is 7.72. The summed E-state index contributed by atoms with van der Waals surface area (Å²) in [4.78, 5) is 12.1. The Morgan fingerprint density at radius 2 is 2.05 bits per heavy atom. The Morgan fingerprint density at radius 1 is 1.38 bits per heavy atom. The minimum absolute atomic E-state index is 0.00457. The Kier molecular flexibility index (Phi) is 6.99. The van der Waals surface area contributed by atoms with Crippen molar-refractivity contribution in [3.63, 3.8) is 0 Å². The fourth-order valence-electron chi connectivity index (χ4n) is 1.89. The maximum absolute atomic E-state index is 12.1. The molecule has 4 nitrogen and oxygen atoms in total. The van der Waals surface area contributed by atoms with Gasteiger partial charge in [0.15, 0.2) is 6.10 Å². The zero-order valence-corrected chi connectivity index (χ0v) is 13.9. The van der Waals surface area contributed by atoms with Gasteiger partial charge in [-0.2, -0.15) is 0 Å². The molecule has 1 aromatic carbocycles. The Labute approximate surface area is 132 Å². The molecule has 0 saturated carbocycles. The molecule has 1 aromatic rings. The number of nitrogens with one attached hydrogen (secondary N) is 1. The Bertz CT molecular complexity index is 477. The molecule has 0 saturated heterocycles. The number of nitrogens with two attached hydrogens (primary N) is 1. The lowest BCUT2D eigenvalue weighted by Gasteiger charge is -2.20. The molecule has 0 aliphatic rings. The monoisotopic (exact) mass is 312 g/mol. The van der Waals surface area contributed by atoms with Crippen LogP contribution in [0.15, 0.2) is 18.2 Å². The molecule has 0 fully saturated rings. The predicted octanol–water partition coefficient (Wildman–Crippen LogP) is 2.91. The van der Waals surface area contributed by atoms with E-state index in [1.54, 1.807) is 13.0 Å². The molecule has 0 spiro atoms. The van der Waals surface area contributed by atoms with Crippen LogP contribution < -0.4 is 15.8 Å². The average Bonchev–Trinajstić information content (AvgIpc) is 2.41. The van der Waals surface area contributed by atoms with Gasteiger partial charge in [-0.25, -0.2) is 0 Å². The summed E-state index contributed by atoms with van der Waals surface area (Å²) in [7, 11) is 0. The summed E-state index contributed by atoms with van der Waals surface area (Å²) in [6.45, 7) is 7.62. The summed E-state index contributed by atoms with van der Waals surface area (Å²) in [6, 6.07) is 5.65. The Balaban J connectivity index is 2.84. The molecule has 118 valence electrons. The van der Waals surface area contributed by atoms with E-state index < -0.39 is 6.10 Å². The lowest BCUT2D eigenvalue weighted by molar-refractivity contribution is -0.127. The van der Waals surface area contributed by atoms with Gasteiger partial charge in [-0.05, 0) is 45.2 Å². The van der Waals surface area contributed by atoms with Gasteiger partial charge in [0.1, 0.15) is 5.75 Å². The zero-order valence-electron chi connectivity index (χ0n) is 13.2. The van der Waals surface area contributed by atoms with Gasteiger partial charge in [0.2, 0.25) is 0 Å². The van der Waals surface area contributed by atoms with E-state index in [0.29, 0.717) is 17.2 Å². The summed E-state index contributed by atoms with van der Waals surface area (Å²) in [6.07, 6.45) is 0.918. The van der Waals surface area contributed by atoms with Crippen LogP contribution in [0.4, 0.5) is 0 Å². The molecule has 0 heterocycles. The van der Waals surface area contributed by atoms with Crippen LogP contribution in [0.3, 0.4) is 0 Å². The van der Waals surface area contributed by atoms with Crippen molar-refractivity contribution in [3.05, 3.63) is 28.8 Å². The minimum atomic E-state index is -0.606. The number of amides is 1. The smallest absolute Gasteiger partial charge is 0.260 e. The summed E-state index contributed by atoms with van der Waals surface area (Å²) < 4.78 is 5.78. The second-order valence-corrected chi connectivity index (χ2v) is 5.89. The van der Waals surface area contributed by atoms with Gasteiger partial charge in [-0.3, -0.25) is 4.79 Å². The number of hydrogen-bond acceptors (Lipinski definition) is 3. The van der Waals surface area contributed by atoms with Crippen molar-refractivity contribution in [2.75, 3.05) is 0 Å². The van der Waals surface area contributed by atoms with Crippen LogP contribution in [-0.4, -0.2) is 24.1 Å². The van der Waals surface area contributed by atoms with Crippen molar-refractivity contribution in [3.8, 4) is 5.75 Å². The highest BCUT2D eigenvalue weighted by Crippen LogP contribution is 2.30. The van der Waals surface area contributed by atoms with Crippen LogP contribution in [0.5, 0.6) is 5.75 Å². The second kappa shape index (κ2) is 8.25. The van der Waals surface area contributed by atoms with E-state index >= 15 is 0 Å². The molecule has 21 heavy (non-hydrogen) atoms. The maximum atomic E-state index is 12.1. The molecule has 1 rings (SSSR count). The quantitative estimate of drug-likeness (QED) is 0.813. The van der Waals surface area contributed by atoms with E-state index in [1.165, 1.54) is 0 Å². The highest BCUT2D eigenvalue weighted by Gasteiger charge is 2.19. The normalized spacial score (nSPS) is 15.1. The minimum Gasteiger partial charge on any atom is -0.479 e. The number of halogens is 1. The van der Waals surface area contributed by atoms with Crippen LogP contribution in [-0.2, 0) is 11.2 Å². The largest absolute Gasteiger partial charge is 0.479 e. The predicted molar refractivity (Wildman–Crippen MR) is 86.8 cm³/mol. The molecule has 0 radical (unpaired) electrons. The van der Waals surface area contributed by atoms with Crippen LogP contribution in [0.1, 0.15) is 39.7 Å². The third-order valence-electron chi connectivity index (χ3n) is 3.26. The van der Waals surface area contributed by atoms with Gasteiger partial charge >= 0.3 is 0 Å². The fourth-order valence-corrected chi connectivity index (χ4v) is 2.12. The van der Waals surface area contributed by atoms with E-state index in [2.05, 4.69) is 5.32 Å². The van der Waals surface area contributed by atoms with Gasteiger partial charge < -0.3 is 15.8 Å². The van der Waals surface area contributed by atoms with Crippen LogP contribution in [0, 0.1) is 0 Å². The third kappa shape index (κ3) is 5.56. The number of carbonyl (C=O) groups excluding carboxylic acids is 1. The summed E-state index contributed by atoms with van der Waals surface area (Å²) in [5.74, 6) is 0.402. The van der Waals surface area contributed by atoms with Crippen LogP contribution in [0.2, 0.25) is 5.02 Å². The summed E-state index contributed by atoms with van der Waals surface area (Å²) in [5.41, 5.74) is 6.76. The molecular weight excluding hydrogens is 288 g/mol. The molecule has 0 aliphatic carbocycles. The number of benzene rings is 1. The average molecular weight is 313 g/mol. The zero-order chi connectivity index (χ0) is 16.0. The second-order valence-electron chi connectivity index (χ2n) is 5.49. The first-order valence-electron chi connectivity index (χ1n) is 7.35. The highest BCUT2D eigenvalue weighted by molar-refractivity contribution is 6.32. The molecule has 5 heteroatoms. The van der Waals surface area contributed by atoms with Gasteiger partial charge in [-0.15, -0.1) is 0 Å². The molecule has 1 amide bonds. The van der Waals surface area contributed by atoms with Gasteiger partial charge in [0.25, 0.3) is 5.91 Å². The van der Waals surface area contributed by atoms with Crippen LogP contribution >= 0.6 is 11.6 Å². The Hall–Kier alpha value is -1.26. The number of carbonyl (C=O) groups is 1. The van der Waals surface area contributed by atoms with Crippen molar-refractivity contribution in [1.82, 2.24) is 5.32 Å². The lowest BCUT2D eigenvalue weighted by Crippen LogP contribution is -2.41. The van der Waals surface area contributed by atoms with Crippen molar-refractivity contribution in [2.45, 2.75) is 58.7 Å². The molecule has 0 aromatic heterocycles. The van der Waals surface area contributed by atoms with E-state index in [9.17, 15) is 4.79 Å². The molecule has 3 unspecified atom stereocenters. The lowest BCUT2D eigenvalue weighted by atomic mass is 10.1. The van der Waals surface area contributed by atoms with E-state index in [1.807, 2.05) is 32.9 Å².